The molecule has 1 rings (SSSR count). The summed E-state index contributed by atoms with van der Waals surface area (Å²) in [6.07, 6.45) is 0. The van der Waals surface area contributed by atoms with Crippen LogP contribution in [-0.4, -0.2) is 42.8 Å². The molecule has 0 aromatic heterocycles. The minimum absolute atomic E-state index is 0.109. The number of nitrogens with zero attached hydrogens (tertiary/aromatic N) is 1. The van der Waals surface area contributed by atoms with Gasteiger partial charge in [-0.25, -0.2) is 4.79 Å². The van der Waals surface area contributed by atoms with E-state index < -0.39 is 0 Å². The first kappa shape index (κ1) is 14.3. The second kappa shape index (κ2) is 7.55. The van der Waals surface area contributed by atoms with E-state index in [-0.39, 0.29) is 11.8 Å². The average Bonchev–Trinajstić information content (AvgIpc) is 2.38. The van der Waals surface area contributed by atoms with E-state index in [0.717, 1.165) is 5.56 Å². The number of aromatic hydroxyl groups is 1. The van der Waals surface area contributed by atoms with Crippen LogP contribution in [0.1, 0.15) is 12.5 Å². The van der Waals surface area contributed by atoms with Gasteiger partial charge in [0.1, 0.15) is 5.75 Å². The summed E-state index contributed by atoms with van der Waals surface area (Å²) in [5.41, 5.74) is 0.983. The molecule has 5 heteroatoms. The number of carbonyl (C=O) groups is 1. The van der Waals surface area contributed by atoms with E-state index in [1.807, 2.05) is 6.92 Å². The van der Waals surface area contributed by atoms with Gasteiger partial charge in [-0.1, -0.05) is 12.1 Å². The molecule has 0 saturated heterocycles. The fourth-order valence-corrected chi connectivity index (χ4v) is 1.52. The smallest absolute Gasteiger partial charge is 0.317 e. The Labute approximate surface area is 107 Å². The molecule has 5 nitrogen and oxygen atoms in total. The zero-order valence-electron chi connectivity index (χ0n) is 10.8. The fraction of sp³-hybridized carbons (Fsp3) is 0.462. The summed E-state index contributed by atoms with van der Waals surface area (Å²) in [6, 6.07) is 6.74. The summed E-state index contributed by atoms with van der Waals surface area (Å²) in [5.74, 6) is 0.228. The van der Waals surface area contributed by atoms with Gasteiger partial charge in [-0.3, -0.25) is 0 Å². The van der Waals surface area contributed by atoms with Gasteiger partial charge >= 0.3 is 6.03 Å². The molecular weight excluding hydrogens is 232 g/mol. The van der Waals surface area contributed by atoms with Gasteiger partial charge in [0.15, 0.2) is 0 Å². The Kier molecular flexibility index (Phi) is 6.00. The number of amides is 2. The van der Waals surface area contributed by atoms with E-state index in [1.54, 1.807) is 36.3 Å². The van der Waals surface area contributed by atoms with Crippen LogP contribution in [0.15, 0.2) is 24.3 Å². The Balaban J connectivity index is 2.50. The van der Waals surface area contributed by atoms with Crippen molar-refractivity contribution in [3.63, 3.8) is 0 Å². The third kappa shape index (κ3) is 4.63. The summed E-state index contributed by atoms with van der Waals surface area (Å²) in [5, 5.41) is 12.0. The number of methoxy groups -OCH3 is 1. The van der Waals surface area contributed by atoms with Crippen LogP contribution >= 0.6 is 0 Å². The molecule has 2 amide bonds. The Morgan fingerprint density at radius 2 is 2.06 bits per heavy atom. The molecule has 0 spiro atoms. The second-order valence-corrected chi connectivity index (χ2v) is 3.91. The van der Waals surface area contributed by atoms with Crippen molar-refractivity contribution >= 4 is 6.03 Å². The van der Waals surface area contributed by atoms with Crippen LogP contribution in [-0.2, 0) is 11.3 Å². The van der Waals surface area contributed by atoms with Crippen molar-refractivity contribution in [2.45, 2.75) is 13.5 Å². The third-order valence-electron chi connectivity index (χ3n) is 2.56. The summed E-state index contributed by atoms with van der Waals surface area (Å²) in [6.45, 7) is 4.08. The Morgan fingerprint density at radius 1 is 1.39 bits per heavy atom. The largest absolute Gasteiger partial charge is 0.508 e. The third-order valence-corrected chi connectivity index (χ3v) is 2.56. The zero-order chi connectivity index (χ0) is 13.4. The molecule has 0 saturated carbocycles. The van der Waals surface area contributed by atoms with E-state index in [1.165, 1.54) is 0 Å². The number of rotatable bonds is 6. The maximum Gasteiger partial charge on any atom is 0.317 e. The lowest BCUT2D eigenvalue weighted by atomic mass is 10.2. The van der Waals surface area contributed by atoms with Crippen molar-refractivity contribution < 1.29 is 14.6 Å². The van der Waals surface area contributed by atoms with Gasteiger partial charge in [-0.15, -0.1) is 0 Å². The Hall–Kier alpha value is -1.75. The lowest BCUT2D eigenvalue weighted by molar-refractivity contribution is 0.179. The van der Waals surface area contributed by atoms with Crippen molar-refractivity contribution in [2.24, 2.45) is 0 Å². The van der Waals surface area contributed by atoms with Crippen molar-refractivity contribution in [1.29, 1.82) is 0 Å². The molecule has 0 heterocycles. The van der Waals surface area contributed by atoms with E-state index in [2.05, 4.69) is 5.32 Å². The van der Waals surface area contributed by atoms with Crippen LogP contribution in [0.25, 0.3) is 0 Å². The van der Waals surface area contributed by atoms with Gasteiger partial charge in [0, 0.05) is 26.7 Å². The highest BCUT2D eigenvalue weighted by molar-refractivity contribution is 5.74. The number of benzene rings is 1. The van der Waals surface area contributed by atoms with E-state index in [0.29, 0.717) is 26.2 Å². The summed E-state index contributed by atoms with van der Waals surface area (Å²) < 4.78 is 4.88. The number of phenolic OH excluding ortho intramolecular Hbond substituents is 1. The van der Waals surface area contributed by atoms with Crippen LogP contribution in [0.2, 0.25) is 0 Å². The summed E-state index contributed by atoms with van der Waals surface area (Å²) in [4.78, 5) is 13.5. The maximum atomic E-state index is 11.8. The highest BCUT2D eigenvalue weighted by atomic mass is 16.5. The van der Waals surface area contributed by atoms with Gasteiger partial charge in [0.25, 0.3) is 0 Å². The molecule has 0 bridgehead atoms. The normalized spacial score (nSPS) is 10.1. The van der Waals surface area contributed by atoms with Gasteiger partial charge in [0.05, 0.1) is 6.61 Å². The topological polar surface area (TPSA) is 61.8 Å². The molecule has 0 unspecified atom stereocenters. The monoisotopic (exact) mass is 252 g/mol. The van der Waals surface area contributed by atoms with Crippen LogP contribution in [0.3, 0.4) is 0 Å². The molecule has 0 aliphatic carbocycles. The first-order valence-corrected chi connectivity index (χ1v) is 5.97. The molecule has 100 valence electrons. The lowest BCUT2D eigenvalue weighted by Crippen LogP contribution is -2.40. The van der Waals surface area contributed by atoms with Crippen LogP contribution in [0, 0.1) is 0 Å². The van der Waals surface area contributed by atoms with Gasteiger partial charge in [-0.2, -0.15) is 0 Å². The minimum Gasteiger partial charge on any atom is -0.508 e. The molecule has 1 aromatic rings. The molecule has 1 aromatic carbocycles. The molecule has 0 radical (unpaired) electrons. The van der Waals surface area contributed by atoms with E-state index in [4.69, 9.17) is 4.74 Å². The highest BCUT2D eigenvalue weighted by Crippen LogP contribution is 2.11. The van der Waals surface area contributed by atoms with Crippen LogP contribution in [0.4, 0.5) is 4.79 Å². The molecule has 2 N–H and O–H groups in total. The number of urea groups is 1. The fourth-order valence-electron chi connectivity index (χ4n) is 1.52. The van der Waals surface area contributed by atoms with Crippen LogP contribution in [0.5, 0.6) is 5.75 Å². The van der Waals surface area contributed by atoms with Crippen molar-refractivity contribution in [2.75, 3.05) is 26.8 Å². The zero-order valence-corrected chi connectivity index (χ0v) is 10.8. The van der Waals surface area contributed by atoms with Crippen molar-refractivity contribution in [3.05, 3.63) is 29.8 Å². The van der Waals surface area contributed by atoms with Crippen molar-refractivity contribution in [3.8, 4) is 5.75 Å². The van der Waals surface area contributed by atoms with Crippen molar-refractivity contribution in [1.82, 2.24) is 10.2 Å². The van der Waals surface area contributed by atoms with Gasteiger partial charge in [-0.05, 0) is 24.6 Å². The SMILES string of the molecule is CCN(Cc1ccc(O)cc1)C(=O)NCCOC. The number of hydrogen-bond donors (Lipinski definition) is 2. The first-order chi connectivity index (χ1) is 8.67. The molecule has 0 fully saturated rings. The quantitative estimate of drug-likeness (QED) is 0.755. The number of nitrogens with one attached hydrogen (secondary N) is 1. The second-order valence-electron chi connectivity index (χ2n) is 3.91. The first-order valence-electron chi connectivity index (χ1n) is 5.97. The standard InChI is InChI=1S/C13H20N2O3/c1-3-15(13(17)14-8-9-18-2)10-11-4-6-12(16)7-5-11/h4-7,16H,3,8-10H2,1-2H3,(H,14,17). The maximum absolute atomic E-state index is 11.8. The number of ether oxygens (including phenoxy) is 1. The average molecular weight is 252 g/mol. The van der Waals surface area contributed by atoms with E-state index >= 15 is 0 Å². The Bertz CT molecular complexity index is 365. The lowest BCUT2D eigenvalue weighted by Gasteiger charge is -2.21. The molecule has 0 aliphatic rings. The highest BCUT2D eigenvalue weighted by Gasteiger charge is 2.11. The minimum atomic E-state index is -0.109. The molecular formula is C13H20N2O3. The molecule has 0 aliphatic heterocycles. The predicted molar refractivity (Wildman–Crippen MR) is 69.5 cm³/mol. The number of hydrogen-bond acceptors (Lipinski definition) is 3. The Morgan fingerprint density at radius 3 is 2.61 bits per heavy atom. The predicted octanol–water partition coefficient (Wildman–Crippen LogP) is 1.57. The summed E-state index contributed by atoms with van der Waals surface area (Å²) >= 11 is 0. The molecule has 18 heavy (non-hydrogen) atoms. The van der Waals surface area contributed by atoms with Gasteiger partial charge < -0.3 is 20.1 Å². The van der Waals surface area contributed by atoms with E-state index in [9.17, 15) is 9.90 Å². The summed E-state index contributed by atoms with van der Waals surface area (Å²) in [7, 11) is 1.60. The number of phenols is 1. The van der Waals surface area contributed by atoms with Gasteiger partial charge in [0.2, 0.25) is 0 Å². The number of carbonyl (C=O) groups excluding carboxylic acids is 1. The molecule has 0 atom stereocenters. The van der Waals surface area contributed by atoms with Crippen LogP contribution < -0.4 is 5.32 Å².